The molecule has 92 valence electrons. The van der Waals surface area contributed by atoms with Crippen LogP contribution >= 0.6 is 11.6 Å². The van der Waals surface area contributed by atoms with E-state index in [0.717, 1.165) is 0 Å². The lowest BCUT2D eigenvalue weighted by atomic mass is 10.1. The van der Waals surface area contributed by atoms with Gasteiger partial charge in [-0.3, -0.25) is 9.78 Å². The maximum atomic E-state index is 13.5. The molecule has 1 N–H and O–H groups in total. The summed E-state index contributed by atoms with van der Waals surface area (Å²) in [5.41, 5.74) is 0.167. The number of aromatic nitrogens is 2. The number of rotatable bonds is 3. The van der Waals surface area contributed by atoms with Gasteiger partial charge in [0.15, 0.2) is 5.82 Å². The van der Waals surface area contributed by atoms with E-state index in [9.17, 15) is 9.18 Å². The zero-order valence-electron chi connectivity index (χ0n) is 9.23. The Bertz CT molecular complexity index is 542. The topological polar surface area (TPSA) is 54.9 Å². The molecule has 0 aliphatic heterocycles. The van der Waals surface area contributed by atoms with Crippen molar-refractivity contribution in [1.82, 2.24) is 9.97 Å². The molecule has 0 aliphatic rings. The van der Waals surface area contributed by atoms with Crippen LogP contribution in [0.2, 0.25) is 5.02 Å². The van der Waals surface area contributed by atoms with Gasteiger partial charge < -0.3 is 5.32 Å². The Labute approximate surface area is 108 Å². The molecule has 0 bridgehead atoms. The number of carbonyl (C=O) groups excluding carboxylic acids is 1. The van der Waals surface area contributed by atoms with Gasteiger partial charge in [0.2, 0.25) is 5.91 Å². The lowest BCUT2D eigenvalue weighted by Gasteiger charge is -2.06. The fraction of sp³-hybridized carbons (Fsp3) is 0.0833. The van der Waals surface area contributed by atoms with Crippen molar-refractivity contribution >= 4 is 23.3 Å². The van der Waals surface area contributed by atoms with E-state index in [1.807, 2.05) is 0 Å². The Morgan fingerprint density at radius 3 is 2.89 bits per heavy atom. The standard InChI is InChI=1S/C12H9ClFN3O/c13-9-2-1-3-10(14)8(9)6-12(18)17-11-7-15-4-5-16-11/h1-5,7H,6H2,(H,16,17,18). The SMILES string of the molecule is O=C(Cc1c(F)cccc1Cl)Nc1cnccn1. The highest BCUT2D eigenvalue weighted by Gasteiger charge is 2.12. The first-order chi connectivity index (χ1) is 8.66. The summed E-state index contributed by atoms with van der Waals surface area (Å²) in [6, 6.07) is 4.29. The Balaban J connectivity index is 2.08. The molecule has 2 rings (SSSR count). The van der Waals surface area contributed by atoms with Gasteiger partial charge in [-0.2, -0.15) is 0 Å². The highest BCUT2D eigenvalue weighted by Crippen LogP contribution is 2.19. The number of halogens is 2. The van der Waals surface area contributed by atoms with Crippen LogP contribution in [0.25, 0.3) is 0 Å². The van der Waals surface area contributed by atoms with E-state index in [2.05, 4.69) is 15.3 Å². The minimum atomic E-state index is -0.503. The monoisotopic (exact) mass is 265 g/mol. The molecule has 0 atom stereocenters. The molecular formula is C12H9ClFN3O. The Hall–Kier alpha value is -2.01. The number of hydrogen-bond donors (Lipinski definition) is 1. The van der Waals surface area contributed by atoms with Crippen molar-refractivity contribution in [2.75, 3.05) is 5.32 Å². The van der Waals surface area contributed by atoms with Crippen LogP contribution in [-0.2, 0) is 11.2 Å². The second-order valence-corrected chi connectivity index (χ2v) is 3.92. The third-order valence-electron chi connectivity index (χ3n) is 2.23. The molecule has 0 radical (unpaired) electrons. The normalized spacial score (nSPS) is 10.1. The van der Waals surface area contributed by atoms with Gasteiger partial charge in [-0.15, -0.1) is 0 Å². The molecule has 1 amide bonds. The molecule has 0 spiro atoms. The van der Waals surface area contributed by atoms with E-state index in [-0.39, 0.29) is 17.0 Å². The summed E-state index contributed by atoms with van der Waals surface area (Å²) in [5, 5.41) is 2.73. The third kappa shape index (κ3) is 3.01. The Morgan fingerprint density at radius 2 is 2.22 bits per heavy atom. The largest absolute Gasteiger partial charge is 0.309 e. The quantitative estimate of drug-likeness (QED) is 0.927. The number of carbonyl (C=O) groups is 1. The van der Waals surface area contributed by atoms with Gasteiger partial charge in [-0.1, -0.05) is 17.7 Å². The first-order valence-electron chi connectivity index (χ1n) is 5.15. The summed E-state index contributed by atoms with van der Waals surface area (Å²) in [4.78, 5) is 19.4. The number of anilines is 1. The molecule has 1 heterocycles. The Morgan fingerprint density at radius 1 is 1.39 bits per heavy atom. The minimum Gasteiger partial charge on any atom is -0.309 e. The number of nitrogens with one attached hydrogen (secondary N) is 1. The summed E-state index contributed by atoms with van der Waals surface area (Å²) in [5.74, 6) is -0.589. The van der Waals surface area contributed by atoms with Crippen molar-refractivity contribution in [3.63, 3.8) is 0 Å². The lowest BCUT2D eigenvalue weighted by molar-refractivity contribution is -0.115. The molecule has 0 unspecified atom stereocenters. The second-order valence-electron chi connectivity index (χ2n) is 3.52. The van der Waals surface area contributed by atoms with Crippen molar-refractivity contribution in [2.45, 2.75) is 6.42 Å². The number of hydrogen-bond acceptors (Lipinski definition) is 3. The molecule has 1 aromatic carbocycles. The number of nitrogens with zero attached hydrogens (tertiary/aromatic N) is 2. The van der Waals surface area contributed by atoms with Crippen LogP contribution in [0.4, 0.5) is 10.2 Å². The van der Waals surface area contributed by atoms with E-state index in [4.69, 9.17) is 11.6 Å². The van der Waals surface area contributed by atoms with E-state index >= 15 is 0 Å². The minimum absolute atomic E-state index is 0.151. The van der Waals surface area contributed by atoms with Crippen molar-refractivity contribution in [3.8, 4) is 0 Å². The van der Waals surface area contributed by atoms with Crippen LogP contribution in [-0.4, -0.2) is 15.9 Å². The molecule has 0 saturated carbocycles. The molecule has 0 fully saturated rings. The highest BCUT2D eigenvalue weighted by molar-refractivity contribution is 6.31. The van der Waals surface area contributed by atoms with E-state index < -0.39 is 11.7 Å². The lowest BCUT2D eigenvalue weighted by Crippen LogP contribution is -2.16. The average molecular weight is 266 g/mol. The van der Waals surface area contributed by atoms with Gasteiger partial charge in [0.25, 0.3) is 0 Å². The summed E-state index contributed by atoms with van der Waals surface area (Å²) in [6.45, 7) is 0. The summed E-state index contributed by atoms with van der Waals surface area (Å²) in [7, 11) is 0. The average Bonchev–Trinajstić information content (AvgIpc) is 2.35. The maximum absolute atomic E-state index is 13.5. The summed E-state index contributed by atoms with van der Waals surface area (Å²) in [6.07, 6.45) is 4.19. The number of benzene rings is 1. The molecular weight excluding hydrogens is 257 g/mol. The number of amides is 1. The maximum Gasteiger partial charge on any atom is 0.230 e. The van der Waals surface area contributed by atoms with Crippen LogP contribution in [0, 0.1) is 5.82 Å². The van der Waals surface area contributed by atoms with Crippen LogP contribution in [0.5, 0.6) is 0 Å². The fourth-order valence-corrected chi connectivity index (χ4v) is 1.64. The molecule has 18 heavy (non-hydrogen) atoms. The van der Waals surface area contributed by atoms with E-state index in [1.165, 1.54) is 36.8 Å². The predicted octanol–water partition coefficient (Wildman–Crippen LogP) is 2.45. The zero-order valence-corrected chi connectivity index (χ0v) is 9.99. The second kappa shape index (κ2) is 5.55. The molecule has 4 nitrogen and oxygen atoms in total. The fourth-order valence-electron chi connectivity index (χ4n) is 1.41. The van der Waals surface area contributed by atoms with Crippen molar-refractivity contribution in [1.29, 1.82) is 0 Å². The van der Waals surface area contributed by atoms with Gasteiger partial charge in [0.05, 0.1) is 12.6 Å². The first-order valence-corrected chi connectivity index (χ1v) is 5.53. The molecule has 6 heteroatoms. The summed E-state index contributed by atoms with van der Waals surface area (Å²) >= 11 is 5.83. The highest BCUT2D eigenvalue weighted by atomic mass is 35.5. The third-order valence-corrected chi connectivity index (χ3v) is 2.58. The van der Waals surface area contributed by atoms with Crippen LogP contribution in [0.1, 0.15) is 5.56 Å². The van der Waals surface area contributed by atoms with Crippen molar-refractivity contribution < 1.29 is 9.18 Å². The van der Waals surface area contributed by atoms with Crippen LogP contribution in [0.3, 0.4) is 0 Å². The molecule has 2 aromatic rings. The smallest absolute Gasteiger partial charge is 0.230 e. The Kier molecular flexibility index (Phi) is 3.84. The van der Waals surface area contributed by atoms with Crippen LogP contribution < -0.4 is 5.32 Å². The van der Waals surface area contributed by atoms with Crippen molar-refractivity contribution in [2.24, 2.45) is 0 Å². The zero-order chi connectivity index (χ0) is 13.0. The van der Waals surface area contributed by atoms with E-state index in [1.54, 1.807) is 0 Å². The molecule has 0 aliphatic carbocycles. The van der Waals surface area contributed by atoms with Crippen LogP contribution in [0.15, 0.2) is 36.8 Å². The van der Waals surface area contributed by atoms with Gasteiger partial charge in [0.1, 0.15) is 5.82 Å². The first kappa shape index (κ1) is 12.4. The van der Waals surface area contributed by atoms with Gasteiger partial charge in [-0.25, -0.2) is 9.37 Å². The van der Waals surface area contributed by atoms with E-state index in [0.29, 0.717) is 5.82 Å². The van der Waals surface area contributed by atoms with Gasteiger partial charge >= 0.3 is 0 Å². The predicted molar refractivity (Wildman–Crippen MR) is 65.8 cm³/mol. The van der Waals surface area contributed by atoms with Gasteiger partial charge in [0, 0.05) is 23.0 Å². The molecule has 1 aromatic heterocycles. The summed E-state index contributed by atoms with van der Waals surface area (Å²) < 4.78 is 13.5. The van der Waals surface area contributed by atoms with Gasteiger partial charge in [-0.05, 0) is 12.1 Å². The molecule has 0 saturated heterocycles. The van der Waals surface area contributed by atoms with Crippen molar-refractivity contribution in [3.05, 3.63) is 53.2 Å².